The Morgan fingerprint density at radius 2 is 1.83 bits per heavy atom. The number of rotatable bonds is 6. The highest BCUT2D eigenvalue weighted by atomic mass is 16.7. The fraction of sp³-hybridized carbons (Fsp3) is 0.588. The van der Waals surface area contributed by atoms with Gasteiger partial charge in [0, 0.05) is 13.2 Å². The van der Waals surface area contributed by atoms with E-state index in [2.05, 4.69) is 5.32 Å². The summed E-state index contributed by atoms with van der Waals surface area (Å²) >= 11 is 0. The summed E-state index contributed by atoms with van der Waals surface area (Å²) in [6, 6.07) is 3.91. The summed E-state index contributed by atoms with van der Waals surface area (Å²) in [6.45, 7) is 6.34. The van der Waals surface area contributed by atoms with Crippen LogP contribution in [-0.2, 0) is 17.6 Å². The van der Waals surface area contributed by atoms with Crippen LogP contribution in [-0.4, -0.2) is 36.7 Å². The predicted molar refractivity (Wildman–Crippen MR) is 85.9 cm³/mol. The molecule has 0 aliphatic carbocycles. The van der Waals surface area contributed by atoms with Crippen molar-refractivity contribution in [1.82, 2.24) is 5.32 Å². The van der Waals surface area contributed by atoms with E-state index in [0.717, 1.165) is 29.0 Å². The van der Waals surface area contributed by atoms with Crippen molar-refractivity contribution >= 4 is 6.09 Å². The van der Waals surface area contributed by atoms with E-state index in [4.69, 9.17) is 19.3 Å². The van der Waals surface area contributed by atoms with Crippen molar-refractivity contribution in [2.75, 3.05) is 19.9 Å². The van der Waals surface area contributed by atoms with Gasteiger partial charge < -0.3 is 24.6 Å². The summed E-state index contributed by atoms with van der Waals surface area (Å²) in [5, 5.41) is 11.8. The third-order valence-electron chi connectivity index (χ3n) is 3.36. The van der Waals surface area contributed by atoms with E-state index in [9.17, 15) is 4.79 Å². The fourth-order valence-electron chi connectivity index (χ4n) is 2.37. The predicted octanol–water partition coefficient (Wildman–Crippen LogP) is 2.41. The molecule has 0 radical (unpaired) electrons. The minimum absolute atomic E-state index is 0.143. The second kappa shape index (κ2) is 7.55. The summed E-state index contributed by atoms with van der Waals surface area (Å²) in [6.07, 6.45) is 1.69. The van der Waals surface area contributed by atoms with Crippen molar-refractivity contribution in [2.24, 2.45) is 0 Å². The third kappa shape index (κ3) is 5.32. The lowest BCUT2D eigenvalue weighted by Crippen LogP contribution is -2.33. The zero-order chi connectivity index (χ0) is 16.9. The van der Waals surface area contributed by atoms with Crippen LogP contribution in [0, 0.1) is 0 Å². The number of aryl methyl sites for hydroxylation is 1. The van der Waals surface area contributed by atoms with Gasteiger partial charge in [-0.1, -0.05) is 0 Å². The highest BCUT2D eigenvalue weighted by molar-refractivity contribution is 5.67. The minimum Gasteiger partial charge on any atom is -0.454 e. The molecule has 1 aliphatic heterocycles. The van der Waals surface area contributed by atoms with Gasteiger partial charge in [0.15, 0.2) is 11.5 Å². The first-order valence-electron chi connectivity index (χ1n) is 7.88. The molecule has 0 fully saturated rings. The molecule has 23 heavy (non-hydrogen) atoms. The number of aliphatic hydroxyl groups excluding tert-OH is 1. The van der Waals surface area contributed by atoms with Gasteiger partial charge in [0.2, 0.25) is 6.79 Å². The molecule has 0 saturated heterocycles. The number of aliphatic hydroxyl groups is 1. The van der Waals surface area contributed by atoms with Crippen LogP contribution in [0.5, 0.6) is 11.5 Å². The van der Waals surface area contributed by atoms with Gasteiger partial charge in [-0.3, -0.25) is 0 Å². The van der Waals surface area contributed by atoms with E-state index in [1.807, 2.05) is 32.9 Å². The van der Waals surface area contributed by atoms with E-state index < -0.39 is 11.7 Å². The maximum Gasteiger partial charge on any atom is 0.407 e. The Bertz CT molecular complexity index is 551. The number of alkyl carbamates (subject to hydrolysis) is 1. The van der Waals surface area contributed by atoms with Crippen LogP contribution in [0.25, 0.3) is 0 Å². The topological polar surface area (TPSA) is 77.0 Å². The van der Waals surface area contributed by atoms with Gasteiger partial charge in [-0.15, -0.1) is 0 Å². The average Bonchev–Trinajstić information content (AvgIpc) is 2.89. The molecular formula is C17H25NO5. The molecule has 0 bridgehead atoms. The van der Waals surface area contributed by atoms with Crippen LogP contribution in [0.4, 0.5) is 4.79 Å². The van der Waals surface area contributed by atoms with Crippen molar-refractivity contribution in [1.29, 1.82) is 0 Å². The number of fused-ring (bicyclic) bond motifs is 1. The molecule has 128 valence electrons. The van der Waals surface area contributed by atoms with Crippen molar-refractivity contribution in [2.45, 2.75) is 45.6 Å². The molecule has 0 spiro atoms. The molecule has 0 unspecified atom stereocenters. The largest absolute Gasteiger partial charge is 0.454 e. The number of carbonyl (C=O) groups is 1. The van der Waals surface area contributed by atoms with Gasteiger partial charge in [0.1, 0.15) is 5.60 Å². The van der Waals surface area contributed by atoms with Crippen LogP contribution >= 0.6 is 0 Å². The van der Waals surface area contributed by atoms with Gasteiger partial charge >= 0.3 is 6.09 Å². The quantitative estimate of drug-likeness (QED) is 0.840. The minimum atomic E-state index is -0.505. The molecule has 2 rings (SSSR count). The lowest BCUT2D eigenvalue weighted by Gasteiger charge is -2.19. The molecule has 0 saturated carbocycles. The zero-order valence-electron chi connectivity index (χ0n) is 14.0. The lowest BCUT2D eigenvalue weighted by molar-refractivity contribution is 0.0528. The monoisotopic (exact) mass is 323 g/mol. The first-order chi connectivity index (χ1) is 10.9. The molecule has 0 atom stereocenters. The van der Waals surface area contributed by atoms with Gasteiger partial charge in [-0.2, -0.15) is 0 Å². The Kier molecular flexibility index (Phi) is 5.71. The molecule has 6 nitrogen and oxygen atoms in total. The van der Waals surface area contributed by atoms with Crippen LogP contribution in [0.15, 0.2) is 12.1 Å². The van der Waals surface area contributed by atoms with Crippen LogP contribution in [0.1, 0.15) is 38.3 Å². The highest BCUT2D eigenvalue weighted by Gasteiger charge is 2.18. The number of ether oxygens (including phenoxy) is 3. The van der Waals surface area contributed by atoms with Gasteiger partial charge in [0.25, 0.3) is 0 Å². The number of amides is 1. The highest BCUT2D eigenvalue weighted by Crippen LogP contribution is 2.35. The number of nitrogens with one attached hydrogen (secondary N) is 1. The Morgan fingerprint density at radius 1 is 1.22 bits per heavy atom. The molecule has 1 aromatic carbocycles. The van der Waals surface area contributed by atoms with E-state index >= 15 is 0 Å². The van der Waals surface area contributed by atoms with E-state index in [0.29, 0.717) is 19.4 Å². The summed E-state index contributed by atoms with van der Waals surface area (Å²) in [5.74, 6) is 1.46. The summed E-state index contributed by atoms with van der Waals surface area (Å²) in [7, 11) is 0. The fourth-order valence-corrected chi connectivity index (χ4v) is 2.37. The summed E-state index contributed by atoms with van der Waals surface area (Å²) in [5.41, 5.74) is 1.68. The molecule has 1 heterocycles. The number of hydrogen-bond donors (Lipinski definition) is 2. The molecular weight excluding hydrogens is 298 g/mol. The van der Waals surface area contributed by atoms with Crippen molar-refractivity contribution in [3.05, 3.63) is 23.3 Å². The Balaban J connectivity index is 1.96. The smallest absolute Gasteiger partial charge is 0.407 e. The number of hydrogen-bond acceptors (Lipinski definition) is 5. The summed E-state index contributed by atoms with van der Waals surface area (Å²) in [4.78, 5) is 11.7. The second-order valence-corrected chi connectivity index (χ2v) is 6.48. The van der Waals surface area contributed by atoms with Crippen molar-refractivity contribution < 1.29 is 24.1 Å². The SMILES string of the molecule is CC(C)(C)OC(=O)NCCc1cc2c(cc1CCCO)OCO2. The number of benzene rings is 1. The van der Waals surface area contributed by atoms with E-state index in [1.165, 1.54) is 0 Å². The molecule has 6 heteroatoms. The Labute approximate surface area is 136 Å². The molecule has 1 aliphatic rings. The zero-order valence-corrected chi connectivity index (χ0v) is 14.0. The van der Waals surface area contributed by atoms with Crippen LogP contribution < -0.4 is 14.8 Å². The Morgan fingerprint density at radius 3 is 2.39 bits per heavy atom. The van der Waals surface area contributed by atoms with Crippen molar-refractivity contribution in [3.63, 3.8) is 0 Å². The molecule has 0 aromatic heterocycles. The van der Waals surface area contributed by atoms with E-state index in [1.54, 1.807) is 0 Å². The normalized spacial score (nSPS) is 13.0. The maximum absolute atomic E-state index is 11.7. The first-order valence-corrected chi connectivity index (χ1v) is 7.88. The van der Waals surface area contributed by atoms with E-state index in [-0.39, 0.29) is 13.4 Å². The molecule has 2 N–H and O–H groups in total. The summed E-state index contributed by atoms with van der Waals surface area (Å²) < 4.78 is 16.0. The van der Waals surface area contributed by atoms with Gasteiger partial charge in [-0.05, 0) is 63.3 Å². The third-order valence-corrected chi connectivity index (χ3v) is 3.36. The van der Waals surface area contributed by atoms with Crippen LogP contribution in [0.3, 0.4) is 0 Å². The van der Waals surface area contributed by atoms with Crippen molar-refractivity contribution in [3.8, 4) is 11.5 Å². The molecule has 1 amide bonds. The average molecular weight is 323 g/mol. The van der Waals surface area contributed by atoms with Gasteiger partial charge in [0.05, 0.1) is 0 Å². The maximum atomic E-state index is 11.7. The lowest BCUT2D eigenvalue weighted by atomic mass is 9.99. The molecule has 1 aromatic rings. The number of carbonyl (C=O) groups excluding carboxylic acids is 1. The van der Waals surface area contributed by atoms with Gasteiger partial charge in [-0.25, -0.2) is 4.79 Å². The second-order valence-electron chi connectivity index (χ2n) is 6.48. The van der Waals surface area contributed by atoms with Crippen LogP contribution in [0.2, 0.25) is 0 Å². The standard InChI is InChI=1S/C17H25NO5/c1-17(2,3)23-16(20)18-7-6-13-10-15-14(21-11-22-15)9-12(13)5-4-8-19/h9-10,19H,4-8,11H2,1-3H3,(H,18,20). The first kappa shape index (κ1) is 17.4. The Hall–Kier alpha value is -1.95.